The van der Waals surface area contributed by atoms with Gasteiger partial charge in [0.15, 0.2) is 0 Å². The lowest BCUT2D eigenvalue weighted by atomic mass is 10.1. The molecule has 0 aliphatic carbocycles. The van der Waals surface area contributed by atoms with Gasteiger partial charge in [-0.05, 0) is 37.6 Å². The first-order valence-corrected chi connectivity index (χ1v) is 7.70. The summed E-state index contributed by atoms with van der Waals surface area (Å²) in [6, 6.07) is 5.88. The van der Waals surface area contributed by atoms with E-state index in [4.69, 9.17) is 5.26 Å². The molecule has 0 amide bonds. The van der Waals surface area contributed by atoms with Crippen molar-refractivity contribution in [2.24, 2.45) is 7.05 Å². The second-order valence-corrected chi connectivity index (χ2v) is 6.45. The van der Waals surface area contributed by atoms with Gasteiger partial charge in [-0.1, -0.05) is 0 Å². The molecule has 1 heterocycles. The fraction of sp³-hybridized carbons (Fsp3) is 0.308. The van der Waals surface area contributed by atoms with E-state index >= 15 is 0 Å². The van der Waals surface area contributed by atoms with Gasteiger partial charge in [0.05, 0.1) is 22.6 Å². The minimum atomic E-state index is -3.69. The first kappa shape index (κ1) is 15.2. The maximum Gasteiger partial charge on any atom is 0.241 e. The zero-order valence-electron chi connectivity index (χ0n) is 11.9. The number of hydrogen-bond acceptors (Lipinski definition) is 5. The number of nitrogens with zero attached hydrogens (tertiary/aromatic N) is 4. The first-order valence-electron chi connectivity index (χ1n) is 6.22. The Morgan fingerprint density at radius 1 is 1.43 bits per heavy atom. The van der Waals surface area contributed by atoms with Crippen molar-refractivity contribution in [3.8, 4) is 6.07 Å². The first-order chi connectivity index (χ1) is 9.85. The normalized spacial score (nSPS) is 12.9. The van der Waals surface area contributed by atoms with Crippen LogP contribution in [-0.4, -0.2) is 23.2 Å². The molecule has 110 valence electrons. The predicted octanol–water partition coefficient (Wildman–Crippen LogP) is 1.03. The largest absolute Gasteiger partial charge is 0.319 e. The lowest BCUT2D eigenvalue weighted by Crippen LogP contribution is -2.28. The molecule has 0 saturated carbocycles. The predicted molar refractivity (Wildman–Crippen MR) is 75.6 cm³/mol. The Morgan fingerprint density at radius 3 is 2.67 bits per heavy atom. The number of aryl methyl sites for hydroxylation is 2. The lowest BCUT2D eigenvalue weighted by Gasteiger charge is -2.14. The number of sulfonamides is 1. The summed E-state index contributed by atoms with van der Waals surface area (Å²) in [6.45, 7) is 3.39. The van der Waals surface area contributed by atoms with Gasteiger partial charge >= 0.3 is 0 Å². The molecule has 8 heteroatoms. The number of benzene rings is 1. The van der Waals surface area contributed by atoms with Crippen molar-refractivity contribution in [1.82, 2.24) is 19.5 Å². The van der Waals surface area contributed by atoms with E-state index in [2.05, 4.69) is 14.9 Å². The van der Waals surface area contributed by atoms with Crippen molar-refractivity contribution >= 4 is 10.0 Å². The highest BCUT2D eigenvalue weighted by atomic mass is 32.2. The topological polar surface area (TPSA) is 101 Å². The highest BCUT2D eigenvalue weighted by Gasteiger charge is 2.21. The molecular weight excluding hydrogens is 290 g/mol. The third-order valence-corrected chi connectivity index (χ3v) is 4.63. The van der Waals surface area contributed by atoms with E-state index in [1.54, 1.807) is 25.5 Å². The SMILES string of the molecule is Cc1cc(S(=O)(=O)NC(C)c2nncn2C)ccc1C#N. The van der Waals surface area contributed by atoms with Crippen molar-refractivity contribution < 1.29 is 8.42 Å². The Labute approximate surface area is 123 Å². The van der Waals surface area contributed by atoms with Crippen LogP contribution in [0.2, 0.25) is 0 Å². The Bertz CT molecular complexity index is 804. The number of nitriles is 1. The van der Waals surface area contributed by atoms with Crippen LogP contribution in [0.3, 0.4) is 0 Å². The van der Waals surface area contributed by atoms with Gasteiger partial charge in [0.25, 0.3) is 0 Å². The van der Waals surface area contributed by atoms with Crippen LogP contribution in [0.1, 0.15) is 29.9 Å². The monoisotopic (exact) mass is 305 g/mol. The molecule has 0 aliphatic rings. The Kier molecular flexibility index (Phi) is 4.06. The molecule has 0 bridgehead atoms. The Balaban J connectivity index is 2.29. The fourth-order valence-electron chi connectivity index (χ4n) is 1.97. The van der Waals surface area contributed by atoms with Crippen molar-refractivity contribution in [1.29, 1.82) is 5.26 Å². The van der Waals surface area contributed by atoms with Gasteiger partial charge in [0, 0.05) is 7.05 Å². The molecule has 1 N–H and O–H groups in total. The fourth-order valence-corrected chi connectivity index (χ4v) is 3.25. The quantitative estimate of drug-likeness (QED) is 0.909. The van der Waals surface area contributed by atoms with Crippen molar-refractivity contribution in [3.63, 3.8) is 0 Å². The van der Waals surface area contributed by atoms with Gasteiger partial charge in [-0.3, -0.25) is 0 Å². The molecule has 2 rings (SSSR count). The molecule has 21 heavy (non-hydrogen) atoms. The molecule has 0 radical (unpaired) electrons. The van der Waals surface area contributed by atoms with E-state index in [-0.39, 0.29) is 4.90 Å². The minimum Gasteiger partial charge on any atom is -0.319 e. The third-order valence-electron chi connectivity index (χ3n) is 3.09. The zero-order chi connectivity index (χ0) is 15.6. The van der Waals surface area contributed by atoms with E-state index < -0.39 is 16.1 Å². The maximum atomic E-state index is 12.3. The zero-order valence-corrected chi connectivity index (χ0v) is 12.7. The molecule has 1 aromatic carbocycles. The highest BCUT2D eigenvalue weighted by Crippen LogP contribution is 2.17. The van der Waals surface area contributed by atoms with E-state index in [0.29, 0.717) is 17.0 Å². The van der Waals surface area contributed by atoms with E-state index in [0.717, 1.165) is 0 Å². The van der Waals surface area contributed by atoms with Crippen LogP contribution in [0.25, 0.3) is 0 Å². The summed E-state index contributed by atoms with van der Waals surface area (Å²) < 4.78 is 28.9. The van der Waals surface area contributed by atoms with Gasteiger partial charge < -0.3 is 4.57 Å². The number of aromatic nitrogens is 3. The van der Waals surface area contributed by atoms with Crippen LogP contribution in [0, 0.1) is 18.3 Å². The van der Waals surface area contributed by atoms with Crippen LogP contribution in [0.15, 0.2) is 29.4 Å². The summed E-state index contributed by atoms with van der Waals surface area (Å²) in [7, 11) is -1.95. The number of rotatable bonds is 4. The molecule has 1 unspecified atom stereocenters. The number of nitrogens with one attached hydrogen (secondary N) is 1. The summed E-state index contributed by atoms with van der Waals surface area (Å²) in [6.07, 6.45) is 1.51. The molecule has 1 aromatic heterocycles. The molecule has 0 saturated heterocycles. The van der Waals surface area contributed by atoms with Crippen LogP contribution < -0.4 is 4.72 Å². The van der Waals surface area contributed by atoms with Crippen LogP contribution in [0.5, 0.6) is 0 Å². The second kappa shape index (κ2) is 5.63. The third kappa shape index (κ3) is 3.09. The molecule has 0 fully saturated rings. The van der Waals surface area contributed by atoms with E-state index in [9.17, 15) is 8.42 Å². The summed E-state index contributed by atoms with van der Waals surface area (Å²) >= 11 is 0. The standard InChI is InChI=1S/C13H15N5O2S/c1-9-6-12(5-4-11(9)7-14)21(19,20)17-10(2)13-16-15-8-18(13)3/h4-6,8,10,17H,1-3H3. The average molecular weight is 305 g/mol. The Hall–Kier alpha value is -2.24. The summed E-state index contributed by atoms with van der Waals surface area (Å²) in [5.41, 5.74) is 1.07. The highest BCUT2D eigenvalue weighted by molar-refractivity contribution is 7.89. The molecule has 0 aliphatic heterocycles. The van der Waals surface area contributed by atoms with Crippen LogP contribution in [-0.2, 0) is 17.1 Å². The lowest BCUT2D eigenvalue weighted by molar-refractivity contribution is 0.553. The summed E-state index contributed by atoms with van der Waals surface area (Å²) in [5, 5.41) is 16.5. The van der Waals surface area contributed by atoms with Gasteiger partial charge in [-0.25, -0.2) is 13.1 Å². The Morgan fingerprint density at radius 2 is 2.14 bits per heavy atom. The van der Waals surface area contributed by atoms with Gasteiger partial charge in [-0.2, -0.15) is 5.26 Å². The smallest absolute Gasteiger partial charge is 0.241 e. The van der Waals surface area contributed by atoms with E-state index in [1.807, 2.05) is 6.07 Å². The molecule has 0 spiro atoms. The van der Waals surface area contributed by atoms with Crippen LogP contribution in [0.4, 0.5) is 0 Å². The van der Waals surface area contributed by atoms with Gasteiger partial charge in [-0.15, -0.1) is 10.2 Å². The number of hydrogen-bond donors (Lipinski definition) is 1. The van der Waals surface area contributed by atoms with Crippen molar-refractivity contribution in [3.05, 3.63) is 41.5 Å². The van der Waals surface area contributed by atoms with Gasteiger partial charge in [0.2, 0.25) is 10.0 Å². The van der Waals surface area contributed by atoms with Crippen molar-refractivity contribution in [2.75, 3.05) is 0 Å². The molecule has 2 aromatic rings. The second-order valence-electron chi connectivity index (χ2n) is 4.73. The van der Waals surface area contributed by atoms with Gasteiger partial charge in [0.1, 0.15) is 12.2 Å². The maximum absolute atomic E-state index is 12.3. The van der Waals surface area contributed by atoms with Crippen molar-refractivity contribution in [2.45, 2.75) is 24.8 Å². The van der Waals surface area contributed by atoms with Crippen LogP contribution >= 0.6 is 0 Å². The van der Waals surface area contributed by atoms with E-state index in [1.165, 1.54) is 24.5 Å². The minimum absolute atomic E-state index is 0.119. The molecule has 7 nitrogen and oxygen atoms in total. The molecular formula is C13H15N5O2S. The average Bonchev–Trinajstić information content (AvgIpc) is 2.84. The summed E-state index contributed by atoms with van der Waals surface area (Å²) in [5.74, 6) is 0.518. The summed E-state index contributed by atoms with van der Waals surface area (Å²) in [4.78, 5) is 0.119. The molecule has 1 atom stereocenters.